The van der Waals surface area contributed by atoms with E-state index in [0.29, 0.717) is 12.4 Å². The van der Waals surface area contributed by atoms with Crippen LogP contribution in [0.2, 0.25) is 0 Å². The third-order valence-electron chi connectivity index (χ3n) is 2.48. The van der Waals surface area contributed by atoms with Crippen LogP contribution in [0.5, 0.6) is 0 Å². The summed E-state index contributed by atoms with van der Waals surface area (Å²) in [5.74, 6) is 0.809. The molecule has 0 aliphatic carbocycles. The number of aryl methyl sites for hydroxylation is 1. The molecule has 1 aliphatic heterocycles. The maximum Gasteiger partial charge on any atom is 0.163 e. The van der Waals surface area contributed by atoms with Gasteiger partial charge in [-0.2, -0.15) is 0 Å². The molecular formula is C11H17N3O2. The van der Waals surface area contributed by atoms with Crippen LogP contribution in [0.1, 0.15) is 26.1 Å². The van der Waals surface area contributed by atoms with E-state index in [1.54, 1.807) is 12.3 Å². The van der Waals surface area contributed by atoms with Crippen LogP contribution < -0.4 is 5.73 Å². The number of anilines is 1. The van der Waals surface area contributed by atoms with Crippen LogP contribution in [0.4, 0.5) is 5.82 Å². The average Bonchev–Trinajstić information content (AvgIpc) is 2.56. The maximum absolute atomic E-state index is 5.69. The summed E-state index contributed by atoms with van der Waals surface area (Å²) in [4.78, 5) is 8.29. The molecule has 1 aromatic rings. The first-order valence-electron chi connectivity index (χ1n) is 5.44. The summed E-state index contributed by atoms with van der Waals surface area (Å²) in [7, 11) is 0. The molecule has 1 fully saturated rings. The molecule has 0 bridgehead atoms. The zero-order valence-electron chi connectivity index (χ0n) is 9.64. The average molecular weight is 223 g/mol. The van der Waals surface area contributed by atoms with E-state index in [2.05, 4.69) is 9.97 Å². The molecule has 0 unspecified atom stereocenters. The summed E-state index contributed by atoms with van der Waals surface area (Å²) in [5, 5.41) is 0. The summed E-state index contributed by atoms with van der Waals surface area (Å²) in [6.07, 6.45) is 3.41. The standard InChI is InChI=1S/C11H17N3O2/c1-11(2)15-7-8(16-11)3-4-10-13-6-5-9(12)14-10/h5-6,8H,3-4,7H2,1-2H3,(H2,12,13,14)/t8-/m1/s1. The fourth-order valence-corrected chi connectivity index (χ4v) is 1.73. The lowest BCUT2D eigenvalue weighted by Gasteiger charge is -2.16. The van der Waals surface area contributed by atoms with E-state index in [0.717, 1.165) is 18.7 Å². The van der Waals surface area contributed by atoms with Gasteiger partial charge in [-0.1, -0.05) is 0 Å². The second-order valence-electron chi connectivity index (χ2n) is 4.39. The Labute approximate surface area is 95.0 Å². The van der Waals surface area contributed by atoms with Gasteiger partial charge in [-0.25, -0.2) is 9.97 Å². The van der Waals surface area contributed by atoms with Crippen molar-refractivity contribution in [2.45, 2.75) is 38.6 Å². The fraction of sp³-hybridized carbons (Fsp3) is 0.636. The molecule has 0 amide bonds. The highest BCUT2D eigenvalue weighted by Gasteiger charge is 2.32. The molecule has 88 valence electrons. The van der Waals surface area contributed by atoms with Gasteiger partial charge in [0, 0.05) is 12.6 Å². The van der Waals surface area contributed by atoms with Crippen LogP contribution in [0.25, 0.3) is 0 Å². The lowest BCUT2D eigenvalue weighted by atomic mass is 10.2. The van der Waals surface area contributed by atoms with Crippen molar-refractivity contribution >= 4 is 5.82 Å². The number of hydrogen-bond donors (Lipinski definition) is 1. The Hall–Kier alpha value is -1.20. The minimum Gasteiger partial charge on any atom is -0.384 e. The molecule has 1 aliphatic rings. The van der Waals surface area contributed by atoms with Gasteiger partial charge < -0.3 is 15.2 Å². The minimum atomic E-state index is -0.457. The van der Waals surface area contributed by atoms with Gasteiger partial charge in [-0.05, 0) is 26.3 Å². The Morgan fingerprint density at radius 3 is 3.00 bits per heavy atom. The van der Waals surface area contributed by atoms with Gasteiger partial charge in [0.15, 0.2) is 5.79 Å². The molecule has 5 heteroatoms. The lowest BCUT2D eigenvalue weighted by molar-refractivity contribution is -0.138. The third kappa shape index (κ3) is 2.90. The van der Waals surface area contributed by atoms with Crippen molar-refractivity contribution in [3.05, 3.63) is 18.1 Å². The number of nitrogen functional groups attached to an aromatic ring is 1. The molecule has 1 aromatic heterocycles. The Bertz CT molecular complexity index is 368. The van der Waals surface area contributed by atoms with Crippen molar-refractivity contribution in [2.75, 3.05) is 12.3 Å². The van der Waals surface area contributed by atoms with Gasteiger partial charge in [0.25, 0.3) is 0 Å². The van der Waals surface area contributed by atoms with Crippen LogP contribution in [-0.4, -0.2) is 28.5 Å². The topological polar surface area (TPSA) is 70.3 Å². The fourth-order valence-electron chi connectivity index (χ4n) is 1.73. The molecule has 0 radical (unpaired) electrons. The Morgan fingerprint density at radius 2 is 2.38 bits per heavy atom. The van der Waals surface area contributed by atoms with Crippen LogP contribution in [-0.2, 0) is 15.9 Å². The maximum atomic E-state index is 5.69. The van der Waals surface area contributed by atoms with Crippen molar-refractivity contribution in [1.29, 1.82) is 0 Å². The Morgan fingerprint density at radius 1 is 1.56 bits per heavy atom. The van der Waals surface area contributed by atoms with Crippen molar-refractivity contribution in [3.63, 3.8) is 0 Å². The highest BCUT2D eigenvalue weighted by atomic mass is 16.7. The van der Waals surface area contributed by atoms with E-state index in [4.69, 9.17) is 15.2 Å². The van der Waals surface area contributed by atoms with Crippen molar-refractivity contribution in [1.82, 2.24) is 9.97 Å². The first-order valence-corrected chi connectivity index (χ1v) is 5.44. The summed E-state index contributed by atoms with van der Waals surface area (Å²) in [6, 6.07) is 1.68. The molecule has 2 heterocycles. The predicted molar refractivity (Wildman–Crippen MR) is 59.7 cm³/mol. The van der Waals surface area contributed by atoms with Crippen molar-refractivity contribution < 1.29 is 9.47 Å². The zero-order chi connectivity index (χ0) is 11.6. The molecule has 0 aromatic carbocycles. The molecule has 1 atom stereocenters. The first-order chi connectivity index (χ1) is 7.55. The van der Waals surface area contributed by atoms with E-state index >= 15 is 0 Å². The molecule has 2 rings (SSSR count). The zero-order valence-corrected chi connectivity index (χ0v) is 9.64. The summed E-state index contributed by atoms with van der Waals surface area (Å²) in [6.45, 7) is 4.48. The van der Waals surface area contributed by atoms with Gasteiger partial charge in [0.1, 0.15) is 11.6 Å². The van der Waals surface area contributed by atoms with Gasteiger partial charge in [-0.15, -0.1) is 0 Å². The molecule has 1 saturated heterocycles. The van der Waals surface area contributed by atoms with Gasteiger partial charge in [0.2, 0.25) is 0 Å². The molecule has 0 saturated carbocycles. The van der Waals surface area contributed by atoms with Crippen LogP contribution in [0.15, 0.2) is 12.3 Å². The molecule has 16 heavy (non-hydrogen) atoms. The Kier molecular flexibility index (Phi) is 3.07. The second-order valence-corrected chi connectivity index (χ2v) is 4.39. The smallest absolute Gasteiger partial charge is 0.163 e. The number of aromatic nitrogens is 2. The lowest BCUT2D eigenvalue weighted by Crippen LogP contribution is -2.21. The van der Waals surface area contributed by atoms with Gasteiger partial charge in [-0.3, -0.25) is 0 Å². The molecule has 0 spiro atoms. The summed E-state index contributed by atoms with van der Waals surface area (Å²) in [5.41, 5.74) is 5.58. The van der Waals surface area contributed by atoms with E-state index in [1.807, 2.05) is 13.8 Å². The minimum absolute atomic E-state index is 0.125. The SMILES string of the molecule is CC1(C)OC[C@@H](CCc2nccc(N)n2)O1. The van der Waals surface area contributed by atoms with E-state index in [-0.39, 0.29) is 6.10 Å². The van der Waals surface area contributed by atoms with Crippen LogP contribution in [0.3, 0.4) is 0 Å². The number of rotatable bonds is 3. The van der Waals surface area contributed by atoms with E-state index in [9.17, 15) is 0 Å². The van der Waals surface area contributed by atoms with Crippen molar-refractivity contribution in [3.8, 4) is 0 Å². The largest absolute Gasteiger partial charge is 0.384 e. The number of nitrogens with zero attached hydrogens (tertiary/aromatic N) is 2. The number of hydrogen-bond acceptors (Lipinski definition) is 5. The highest BCUT2D eigenvalue weighted by Crippen LogP contribution is 2.24. The van der Waals surface area contributed by atoms with E-state index in [1.165, 1.54) is 0 Å². The van der Waals surface area contributed by atoms with Crippen molar-refractivity contribution in [2.24, 2.45) is 0 Å². The Balaban J connectivity index is 1.84. The normalized spacial score (nSPS) is 23.5. The van der Waals surface area contributed by atoms with Crippen LogP contribution >= 0.6 is 0 Å². The summed E-state index contributed by atoms with van der Waals surface area (Å²) >= 11 is 0. The van der Waals surface area contributed by atoms with Crippen LogP contribution in [0, 0.1) is 0 Å². The highest BCUT2D eigenvalue weighted by molar-refractivity contribution is 5.24. The second kappa shape index (κ2) is 4.35. The molecule has 2 N–H and O–H groups in total. The number of nitrogens with two attached hydrogens (primary N) is 1. The quantitative estimate of drug-likeness (QED) is 0.832. The molecule has 5 nitrogen and oxygen atoms in total. The van der Waals surface area contributed by atoms with Gasteiger partial charge >= 0.3 is 0 Å². The number of ether oxygens (including phenoxy) is 2. The molecular weight excluding hydrogens is 206 g/mol. The predicted octanol–water partition coefficient (Wildman–Crippen LogP) is 1.14. The third-order valence-corrected chi connectivity index (χ3v) is 2.48. The van der Waals surface area contributed by atoms with Gasteiger partial charge in [0.05, 0.1) is 12.7 Å². The first kappa shape index (κ1) is 11.3. The monoisotopic (exact) mass is 223 g/mol. The van der Waals surface area contributed by atoms with E-state index < -0.39 is 5.79 Å². The summed E-state index contributed by atoms with van der Waals surface area (Å²) < 4.78 is 11.2.